The van der Waals surface area contributed by atoms with Gasteiger partial charge in [-0.1, -0.05) is 0 Å². The number of methoxy groups -OCH3 is 1. The molecule has 7 heteroatoms. The van der Waals surface area contributed by atoms with Crippen LogP contribution < -0.4 is 10.5 Å². The van der Waals surface area contributed by atoms with Crippen molar-refractivity contribution < 1.29 is 17.5 Å². The first kappa shape index (κ1) is 16.0. The van der Waals surface area contributed by atoms with Crippen molar-refractivity contribution in [2.75, 3.05) is 19.4 Å². The molecule has 1 aliphatic carbocycles. The lowest BCUT2D eigenvalue weighted by atomic mass is 10.3. The van der Waals surface area contributed by atoms with Crippen LogP contribution in [0.4, 0.5) is 10.1 Å². The number of nitrogens with two attached hydrogens (primary N) is 1. The number of rotatable bonds is 6. The van der Waals surface area contributed by atoms with Gasteiger partial charge in [-0.15, -0.1) is 0 Å². The van der Waals surface area contributed by atoms with Crippen molar-refractivity contribution in [3.63, 3.8) is 0 Å². The highest BCUT2D eigenvalue weighted by atomic mass is 32.2. The second-order valence-corrected chi connectivity index (χ2v) is 7.53. The van der Waals surface area contributed by atoms with Crippen LogP contribution in [0.5, 0.6) is 5.75 Å². The highest BCUT2D eigenvalue weighted by molar-refractivity contribution is 7.89. The molecule has 0 bridgehead atoms. The lowest BCUT2D eigenvalue weighted by Gasteiger charge is -2.26. The molecule has 0 atom stereocenters. The Hall–Kier alpha value is -1.34. The first-order chi connectivity index (χ1) is 9.77. The molecular formula is C14H21FN2O3S. The second kappa shape index (κ2) is 5.81. The summed E-state index contributed by atoms with van der Waals surface area (Å²) in [4.78, 5) is -0.132. The Morgan fingerprint density at radius 2 is 2.05 bits per heavy atom. The molecule has 0 aliphatic heterocycles. The molecule has 2 N–H and O–H groups in total. The van der Waals surface area contributed by atoms with Crippen LogP contribution in [0, 0.1) is 11.7 Å². The minimum Gasteiger partial charge on any atom is -0.492 e. The summed E-state index contributed by atoms with van der Waals surface area (Å²) in [5, 5.41) is 0. The van der Waals surface area contributed by atoms with Crippen molar-refractivity contribution in [2.24, 2.45) is 5.92 Å². The topological polar surface area (TPSA) is 72.6 Å². The molecule has 0 saturated heterocycles. The largest absolute Gasteiger partial charge is 0.492 e. The molecule has 1 fully saturated rings. The number of nitrogen functional groups attached to an aromatic ring is 1. The number of ether oxygens (including phenoxy) is 1. The Morgan fingerprint density at radius 1 is 1.43 bits per heavy atom. The van der Waals surface area contributed by atoms with Gasteiger partial charge in [0.1, 0.15) is 0 Å². The highest BCUT2D eigenvalue weighted by Gasteiger charge is 2.34. The van der Waals surface area contributed by atoms with Crippen LogP contribution in [0.3, 0.4) is 0 Å². The number of nitrogens with zero attached hydrogens (tertiary/aromatic N) is 1. The summed E-state index contributed by atoms with van der Waals surface area (Å²) in [6.07, 6.45) is 2.08. The summed E-state index contributed by atoms with van der Waals surface area (Å²) in [5.41, 5.74) is 5.65. The number of benzene rings is 1. The predicted molar refractivity (Wildman–Crippen MR) is 79.1 cm³/mol. The third-order valence-corrected chi connectivity index (χ3v) is 5.59. The fraction of sp³-hybridized carbons (Fsp3) is 0.571. The molecule has 1 aliphatic rings. The molecular weight excluding hydrogens is 295 g/mol. The van der Waals surface area contributed by atoms with Crippen molar-refractivity contribution in [3.8, 4) is 5.75 Å². The smallest absolute Gasteiger partial charge is 0.243 e. The number of halogens is 1. The summed E-state index contributed by atoms with van der Waals surface area (Å²) < 4.78 is 45.5. The van der Waals surface area contributed by atoms with E-state index >= 15 is 0 Å². The van der Waals surface area contributed by atoms with Crippen molar-refractivity contribution >= 4 is 15.7 Å². The van der Waals surface area contributed by atoms with E-state index in [0.717, 1.165) is 18.9 Å². The van der Waals surface area contributed by atoms with Crippen molar-refractivity contribution in [1.29, 1.82) is 0 Å². The fourth-order valence-electron chi connectivity index (χ4n) is 2.23. The van der Waals surface area contributed by atoms with Gasteiger partial charge in [0.25, 0.3) is 0 Å². The second-order valence-electron chi connectivity index (χ2n) is 5.64. The van der Waals surface area contributed by atoms with Crippen LogP contribution >= 0.6 is 0 Å². The van der Waals surface area contributed by atoms with Crippen LogP contribution in [0.1, 0.15) is 26.7 Å². The van der Waals surface area contributed by atoms with Crippen molar-refractivity contribution in [3.05, 3.63) is 17.9 Å². The van der Waals surface area contributed by atoms with E-state index in [1.807, 2.05) is 13.8 Å². The van der Waals surface area contributed by atoms with Gasteiger partial charge in [-0.3, -0.25) is 0 Å². The van der Waals surface area contributed by atoms with E-state index in [0.29, 0.717) is 12.5 Å². The average Bonchev–Trinajstić information content (AvgIpc) is 3.18. The van der Waals surface area contributed by atoms with Gasteiger partial charge >= 0.3 is 0 Å². The first-order valence-electron chi connectivity index (χ1n) is 6.92. The maximum Gasteiger partial charge on any atom is 0.243 e. The number of sulfonamides is 1. The van der Waals surface area contributed by atoms with E-state index in [1.54, 1.807) is 0 Å². The zero-order valence-corrected chi connectivity index (χ0v) is 13.3. The highest BCUT2D eigenvalue weighted by Crippen LogP contribution is 2.34. The molecule has 0 heterocycles. The predicted octanol–water partition coefficient (Wildman–Crippen LogP) is 2.23. The van der Waals surface area contributed by atoms with Gasteiger partial charge in [-0.05, 0) is 44.7 Å². The molecule has 0 spiro atoms. The summed E-state index contributed by atoms with van der Waals surface area (Å²) in [7, 11) is -2.48. The zero-order valence-electron chi connectivity index (χ0n) is 12.5. The Balaban J connectivity index is 2.41. The molecule has 5 nitrogen and oxygen atoms in total. The Labute approximate surface area is 124 Å². The SMILES string of the molecule is COc1c(N)cc(S(=O)(=O)N(CC2CC2)C(C)C)cc1F. The van der Waals surface area contributed by atoms with E-state index in [2.05, 4.69) is 0 Å². The average molecular weight is 316 g/mol. The third-order valence-electron chi connectivity index (χ3n) is 3.57. The lowest BCUT2D eigenvalue weighted by Crippen LogP contribution is -2.38. The van der Waals surface area contributed by atoms with Crippen molar-refractivity contribution in [2.45, 2.75) is 37.6 Å². The Kier molecular flexibility index (Phi) is 4.43. The molecule has 2 rings (SSSR count). The zero-order chi connectivity index (χ0) is 15.8. The summed E-state index contributed by atoms with van der Waals surface area (Å²) >= 11 is 0. The summed E-state index contributed by atoms with van der Waals surface area (Å²) in [6, 6.07) is 2.02. The van der Waals surface area contributed by atoms with Crippen molar-refractivity contribution in [1.82, 2.24) is 4.31 Å². The van der Waals surface area contributed by atoms with Crippen LogP contribution in [0.25, 0.3) is 0 Å². The van der Waals surface area contributed by atoms with Gasteiger partial charge in [0.15, 0.2) is 11.6 Å². The Bertz CT molecular complexity index is 604. The van der Waals surface area contributed by atoms with Gasteiger partial charge in [0, 0.05) is 12.6 Å². The maximum atomic E-state index is 13.9. The number of hydrogen-bond donors (Lipinski definition) is 1. The standard InChI is InChI=1S/C14H21FN2O3S/c1-9(2)17(8-10-4-5-10)21(18,19)11-6-12(15)14(20-3)13(16)7-11/h6-7,9-10H,4-5,8,16H2,1-3H3. The normalized spacial score (nSPS) is 15.7. The van der Waals surface area contributed by atoms with Gasteiger partial charge in [-0.25, -0.2) is 12.8 Å². The molecule has 1 saturated carbocycles. The summed E-state index contributed by atoms with van der Waals surface area (Å²) in [6.45, 7) is 4.08. The van der Waals surface area contributed by atoms with E-state index < -0.39 is 15.8 Å². The third kappa shape index (κ3) is 3.29. The quantitative estimate of drug-likeness (QED) is 0.817. The molecule has 1 aromatic carbocycles. The van der Waals surface area contributed by atoms with E-state index in [4.69, 9.17) is 10.5 Å². The first-order valence-corrected chi connectivity index (χ1v) is 8.36. The molecule has 118 valence electrons. The van der Waals surface area contributed by atoms with Crippen LogP contribution in [0.2, 0.25) is 0 Å². The lowest BCUT2D eigenvalue weighted by molar-refractivity contribution is 0.341. The minimum absolute atomic E-state index is 0.0220. The van der Waals surface area contributed by atoms with Gasteiger partial charge in [0.05, 0.1) is 17.7 Å². The van der Waals surface area contributed by atoms with E-state index in [-0.39, 0.29) is 22.4 Å². The van der Waals surface area contributed by atoms with Gasteiger partial charge < -0.3 is 10.5 Å². The monoisotopic (exact) mass is 316 g/mol. The van der Waals surface area contributed by atoms with Crippen LogP contribution in [-0.4, -0.2) is 32.4 Å². The van der Waals surface area contributed by atoms with E-state index in [1.165, 1.54) is 17.5 Å². The van der Waals surface area contributed by atoms with E-state index in [9.17, 15) is 12.8 Å². The van der Waals surface area contributed by atoms with Crippen LogP contribution in [0.15, 0.2) is 17.0 Å². The Morgan fingerprint density at radius 3 is 2.48 bits per heavy atom. The molecule has 0 amide bonds. The molecule has 21 heavy (non-hydrogen) atoms. The molecule has 0 unspecified atom stereocenters. The fourth-order valence-corrected chi connectivity index (χ4v) is 3.99. The maximum absolute atomic E-state index is 13.9. The molecule has 0 radical (unpaired) electrons. The van der Waals surface area contributed by atoms with Crippen LogP contribution in [-0.2, 0) is 10.0 Å². The molecule has 0 aromatic heterocycles. The molecule has 1 aromatic rings. The number of anilines is 1. The van der Waals surface area contributed by atoms with Gasteiger partial charge in [-0.2, -0.15) is 4.31 Å². The summed E-state index contributed by atoms with van der Waals surface area (Å²) in [5.74, 6) is -0.499. The van der Waals surface area contributed by atoms with Gasteiger partial charge in [0.2, 0.25) is 10.0 Å². The minimum atomic E-state index is -3.77. The number of hydrogen-bond acceptors (Lipinski definition) is 4.